The second-order valence-corrected chi connectivity index (χ2v) is 5.70. The van der Waals surface area contributed by atoms with Gasteiger partial charge in [0.1, 0.15) is 5.75 Å². The molecule has 1 aromatic rings. The van der Waals surface area contributed by atoms with Crippen LogP contribution in [0.2, 0.25) is 0 Å². The van der Waals surface area contributed by atoms with Gasteiger partial charge in [-0.3, -0.25) is 0 Å². The van der Waals surface area contributed by atoms with Crippen molar-refractivity contribution in [2.45, 2.75) is 58.5 Å². The number of hydrogen-bond acceptors (Lipinski definition) is 2. The van der Waals surface area contributed by atoms with E-state index in [-0.39, 0.29) is 0 Å². The van der Waals surface area contributed by atoms with E-state index in [1.165, 1.54) is 37.7 Å². The molecule has 2 rings (SSSR count). The van der Waals surface area contributed by atoms with Crippen molar-refractivity contribution in [1.82, 2.24) is 5.32 Å². The molecule has 1 aliphatic carbocycles. The Morgan fingerprint density at radius 1 is 1.28 bits per heavy atom. The van der Waals surface area contributed by atoms with E-state index in [0.717, 1.165) is 18.0 Å². The van der Waals surface area contributed by atoms with E-state index in [1.54, 1.807) is 6.07 Å². The number of phenols is 1. The highest BCUT2D eigenvalue weighted by atomic mass is 16.3. The van der Waals surface area contributed by atoms with Crippen LogP contribution in [0.1, 0.15) is 50.2 Å². The van der Waals surface area contributed by atoms with E-state index in [4.69, 9.17) is 0 Å². The van der Waals surface area contributed by atoms with Crippen LogP contribution in [0.4, 0.5) is 0 Å². The number of nitrogens with one attached hydrogen (secondary N) is 1. The highest BCUT2D eigenvalue weighted by Gasteiger charge is 2.19. The van der Waals surface area contributed by atoms with Crippen LogP contribution in [0.25, 0.3) is 0 Å². The van der Waals surface area contributed by atoms with Gasteiger partial charge in [0, 0.05) is 18.2 Å². The van der Waals surface area contributed by atoms with Crippen LogP contribution in [-0.2, 0) is 6.54 Å². The Morgan fingerprint density at radius 3 is 2.72 bits per heavy atom. The van der Waals surface area contributed by atoms with Gasteiger partial charge < -0.3 is 10.4 Å². The van der Waals surface area contributed by atoms with Crippen LogP contribution in [0.5, 0.6) is 5.75 Å². The topological polar surface area (TPSA) is 32.3 Å². The van der Waals surface area contributed by atoms with Crippen LogP contribution < -0.4 is 5.32 Å². The summed E-state index contributed by atoms with van der Waals surface area (Å²) in [6.07, 6.45) is 6.88. The number of phenolic OH excluding ortho intramolecular Hbond substituents is 1. The number of aromatic hydroxyl groups is 1. The van der Waals surface area contributed by atoms with Gasteiger partial charge >= 0.3 is 0 Å². The smallest absolute Gasteiger partial charge is 0.120 e. The number of aryl methyl sites for hydroxylation is 1. The molecule has 0 radical (unpaired) electrons. The number of hydrogen-bond donors (Lipinski definition) is 2. The predicted octanol–water partition coefficient (Wildman–Crippen LogP) is 3.76. The summed E-state index contributed by atoms with van der Waals surface area (Å²) in [7, 11) is 0. The Bertz CT molecular complexity index is 383. The molecule has 0 bridgehead atoms. The molecule has 2 heteroatoms. The zero-order valence-corrected chi connectivity index (χ0v) is 11.6. The molecule has 0 spiro atoms. The van der Waals surface area contributed by atoms with Crippen molar-refractivity contribution in [1.29, 1.82) is 0 Å². The third kappa shape index (κ3) is 3.49. The summed E-state index contributed by atoms with van der Waals surface area (Å²) in [5, 5.41) is 13.4. The Morgan fingerprint density at radius 2 is 2.00 bits per heavy atom. The van der Waals surface area contributed by atoms with Gasteiger partial charge in [0.25, 0.3) is 0 Å². The first-order valence-corrected chi connectivity index (χ1v) is 7.18. The van der Waals surface area contributed by atoms with Crippen LogP contribution in [0, 0.1) is 12.8 Å². The standard InChI is InChI=1S/C16H25NO/c1-12-8-9-16(18)15(10-12)11-17-13(2)14-6-4-3-5-7-14/h8-10,13-14,17-18H,3-7,11H2,1-2H3. The quantitative estimate of drug-likeness (QED) is 0.849. The fourth-order valence-electron chi connectivity index (χ4n) is 2.93. The Labute approximate surface area is 110 Å². The molecule has 0 aromatic heterocycles. The average Bonchev–Trinajstić information content (AvgIpc) is 2.40. The molecular formula is C16H25NO. The molecule has 1 aromatic carbocycles. The predicted molar refractivity (Wildman–Crippen MR) is 75.7 cm³/mol. The summed E-state index contributed by atoms with van der Waals surface area (Å²) < 4.78 is 0. The summed E-state index contributed by atoms with van der Waals surface area (Å²) in [6.45, 7) is 5.11. The molecule has 2 nitrogen and oxygen atoms in total. The third-order valence-corrected chi connectivity index (χ3v) is 4.21. The molecule has 1 atom stereocenters. The van der Waals surface area contributed by atoms with Crippen LogP contribution in [-0.4, -0.2) is 11.1 Å². The van der Waals surface area contributed by atoms with E-state index >= 15 is 0 Å². The number of benzene rings is 1. The van der Waals surface area contributed by atoms with Gasteiger partial charge in [-0.2, -0.15) is 0 Å². The Balaban J connectivity index is 1.88. The maximum absolute atomic E-state index is 9.82. The minimum absolute atomic E-state index is 0.406. The van der Waals surface area contributed by atoms with E-state index < -0.39 is 0 Å². The average molecular weight is 247 g/mol. The second-order valence-electron chi connectivity index (χ2n) is 5.70. The molecule has 0 amide bonds. The van der Waals surface area contributed by atoms with E-state index in [0.29, 0.717) is 11.8 Å². The van der Waals surface area contributed by atoms with Gasteiger partial charge in [-0.05, 0) is 38.7 Å². The van der Waals surface area contributed by atoms with Crippen molar-refractivity contribution in [3.05, 3.63) is 29.3 Å². The fraction of sp³-hybridized carbons (Fsp3) is 0.625. The lowest BCUT2D eigenvalue weighted by atomic mass is 9.84. The zero-order valence-electron chi connectivity index (χ0n) is 11.6. The van der Waals surface area contributed by atoms with Crippen LogP contribution in [0.15, 0.2) is 18.2 Å². The minimum Gasteiger partial charge on any atom is -0.508 e. The second kappa shape index (κ2) is 6.24. The fourth-order valence-corrected chi connectivity index (χ4v) is 2.93. The summed E-state index contributed by atoms with van der Waals surface area (Å²) in [6, 6.07) is 6.35. The Hall–Kier alpha value is -1.02. The van der Waals surface area contributed by atoms with Gasteiger partial charge in [0.2, 0.25) is 0 Å². The zero-order chi connectivity index (χ0) is 13.0. The highest BCUT2D eigenvalue weighted by Crippen LogP contribution is 2.27. The lowest BCUT2D eigenvalue weighted by Gasteiger charge is -2.28. The molecule has 1 unspecified atom stereocenters. The molecule has 1 aliphatic rings. The first kappa shape index (κ1) is 13.4. The lowest BCUT2D eigenvalue weighted by Crippen LogP contribution is -2.34. The van der Waals surface area contributed by atoms with Crippen molar-refractivity contribution < 1.29 is 5.11 Å². The summed E-state index contributed by atoms with van der Waals surface area (Å²) in [5.41, 5.74) is 2.22. The lowest BCUT2D eigenvalue weighted by molar-refractivity contribution is 0.280. The van der Waals surface area contributed by atoms with Gasteiger partial charge in [0.15, 0.2) is 0 Å². The van der Waals surface area contributed by atoms with Crippen molar-refractivity contribution >= 4 is 0 Å². The first-order valence-electron chi connectivity index (χ1n) is 7.18. The molecule has 0 aliphatic heterocycles. The van der Waals surface area contributed by atoms with Crippen LogP contribution in [0.3, 0.4) is 0 Å². The Kier molecular flexibility index (Phi) is 4.65. The van der Waals surface area contributed by atoms with Gasteiger partial charge in [0.05, 0.1) is 0 Å². The van der Waals surface area contributed by atoms with Crippen LogP contribution >= 0.6 is 0 Å². The first-order chi connectivity index (χ1) is 8.66. The van der Waals surface area contributed by atoms with Crippen molar-refractivity contribution in [2.75, 3.05) is 0 Å². The molecule has 0 saturated heterocycles. The molecule has 1 fully saturated rings. The normalized spacial score (nSPS) is 18.8. The maximum Gasteiger partial charge on any atom is 0.120 e. The van der Waals surface area contributed by atoms with Gasteiger partial charge in [-0.1, -0.05) is 37.0 Å². The molecule has 2 N–H and O–H groups in total. The van der Waals surface area contributed by atoms with Crippen molar-refractivity contribution in [3.63, 3.8) is 0 Å². The van der Waals surface area contributed by atoms with Crippen molar-refractivity contribution in [3.8, 4) is 5.75 Å². The van der Waals surface area contributed by atoms with E-state index in [2.05, 4.69) is 25.2 Å². The summed E-state index contributed by atoms with van der Waals surface area (Å²) in [5.74, 6) is 1.22. The molecule has 0 heterocycles. The van der Waals surface area contributed by atoms with E-state index in [9.17, 15) is 5.11 Å². The molecule has 18 heavy (non-hydrogen) atoms. The minimum atomic E-state index is 0.406. The van der Waals surface area contributed by atoms with Gasteiger partial charge in [-0.15, -0.1) is 0 Å². The number of rotatable bonds is 4. The van der Waals surface area contributed by atoms with Gasteiger partial charge in [-0.25, -0.2) is 0 Å². The largest absolute Gasteiger partial charge is 0.508 e. The molecule has 100 valence electrons. The molecular weight excluding hydrogens is 222 g/mol. The van der Waals surface area contributed by atoms with E-state index in [1.807, 2.05) is 6.07 Å². The monoisotopic (exact) mass is 247 g/mol. The molecule has 1 saturated carbocycles. The summed E-state index contributed by atoms with van der Waals surface area (Å²) in [4.78, 5) is 0. The summed E-state index contributed by atoms with van der Waals surface area (Å²) >= 11 is 0. The third-order valence-electron chi connectivity index (χ3n) is 4.21. The SMILES string of the molecule is Cc1ccc(O)c(CNC(C)C2CCCCC2)c1. The van der Waals surface area contributed by atoms with Crippen molar-refractivity contribution in [2.24, 2.45) is 5.92 Å². The highest BCUT2D eigenvalue weighted by molar-refractivity contribution is 5.35. The maximum atomic E-state index is 9.82.